The van der Waals surface area contributed by atoms with Crippen LogP contribution in [0.2, 0.25) is 0 Å². The number of carbonyl (C=O) groups is 2. The second kappa shape index (κ2) is 9.82. The number of ether oxygens (including phenoxy) is 2. The summed E-state index contributed by atoms with van der Waals surface area (Å²) in [5, 5.41) is 2.66. The highest BCUT2D eigenvalue weighted by Gasteiger charge is 2.18. The van der Waals surface area contributed by atoms with Gasteiger partial charge in [0.1, 0.15) is 11.6 Å². The van der Waals surface area contributed by atoms with Gasteiger partial charge in [-0.05, 0) is 50.2 Å². The third-order valence-corrected chi connectivity index (χ3v) is 4.31. The Morgan fingerprint density at radius 1 is 1.15 bits per heavy atom. The first-order valence-electron chi connectivity index (χ1n) is 8.10. The lowest BCUT2D eigenvalue weighted by atomic mass is 10.3. The molecule has 0 fully saturated rings. The average molecular weight is 377 g/mol. The summed E-state index contributed by atoms with van der Waals surface area (Å²) >= 11 is 1.02. The predicted molar refractivity (Wildman–Crippen MR) is 98.9 cm³/mol. The molecule has 1 amide bonds. The van der Waals surface area contributed by atoms with Crippen LogP contribution in [0.1, 0.15) is 13.8 Å². The van der Waals surface area contributed by atoms with Crippen LogP contribution in [0.15, 0.2) is 53.4 Å². The minimum absolute atomic E-state index is 0.0817. The highest BCUT2D eigenvalue weighted by atomic mass is 32.2. The summed E-state index contributed by atoms with van der Waals surface area (Å²) in [5.74, 6) is -0.811. The van der Waals surface area contributed by atoms with E-state index in [1.54, 1.807) is 42.5 Å². The minimum Gasteiger partial charge on any atom is -0.494 e. The monoisotopic (exact) mass is 377 g/mol. The zero-order valence-electron chi connectivity index (χ0n) is 14.5. The zero-order chi connectivity index (χ0) is 18.9. The Hall–Kier alpha value is -2.54. The van der Waals surface area contributed by atoms with E-state index in [1.165, 1.54) is 13.0 Å². The fraction of sp³-hybridized carbons (Fsp3) is 0.263. The van der Waals surface area contributed by atoms with Crippen LogP contribution in [-0.4, -0.2) is 30.3 Å². The van der Waals surface area contributed by atoms with Gasteiger partial charge in [0.2, 0.25) is 0 Å². The molecular formula is C19H20FNO4S. The van der Waals surface area contributed by atoms with Crippen molar-refractivity contribution in [2.45, 2.75) is 24.8 Å². The first kappa shape index (κ1) is 19.8. The average Bonchev–Trinajstić information content (AvgIpc) is 2.63. The van der Waals surface area contributed by atoms with E-state index in [-0.39, 0.29) is 5.75 Å². The molecule has 0 aliphatic heterocycles. The highest BCUT2D eigenvalue weighted by molar-refractivity contribution is 8.00. The van der Waals surface area contributed by atoms with E-state index in [9.17, 15) is 14.0 Å². The molecule has 0 unspecified atom stereocenters. The van der Waals surface area contributed by atoms with Gasteiger partial charge in [-0.3, -0.25) is 9.59 Å². The van der Waals surface area contributed by atoms with Crippen LogP contribution in [0.3, 0.4) is 0 Å². The van der Waals surface area contributed by atoms with Crippen molar-refractivity contribution in [2.24, 2.45) is 0 Å². The van der Waals surface area contributed by atoms with Crippen LogP contribution < -0.4 is 10.1 Å². The summed E-state index contributed by atoms with van der Waals surface area (Å²) < 4.78 is 23.9. The van der Waals surface area contributed by atoms with Crippen molar-refractivity contribution in [1.82, 2.24) is 0 Å². The lowest BCUT2D eigenvalue weighted by Gasteiger charge is -2.14. The van der Waals surface area contributed by atoms with Crippen molar-refractivity contribution in [3.8, 4) is 5.75 Å². The largest absolute Gasteiger partial charge is 0.494 e. The van der Waals surface area contributed by atoms with Crippen LogP contribution in [-0.2, 0) is 14.3 Å². The second-order valence-electron chi connectivity index (χ2n) is 5.30. The number of hydrogen-bond donors (Lipinski definition) is 1. The molecule has 0 radical (unpaired) electrons. The van der Waals surface area contributed by atoms with Crippen molar-refractivity contribution >= 4 is 29.3 Å². The first-order valence-corrected chi connectivity index (χ1v) is 9.08. The molecule has 2 aromatic rings. The van der Waals surface area contributed by atoms with Crippen LogP contribution in [0.5, 0.6) is 5.75 Å². The topological polar surface area (TPSA) is 64.6 Å². The van der Waals surface area contributed by atoms with Crippen LogP contribution in [0.25, 0.3) is 0 Å². The third-order valence-electron chi connectivity index (χ3n) is 3.29. The van der Waals surface area contributed by atoms with E-state index in [0.29, 0.717) is 22.9 Å². The maximum atomic E-state index is 13.5. The molecular weight excluding hydrogens is 357 g/mol. The van der Waals surface area contributed by atoms with Crippen molar-refractivity contribution in [3.63, 3.8) is 0 Å². The zero-order valence-corrected chi connectivity index (χ0v) is 15.3. The second-order valence-corrected chi connectivity index (χ2v) is 6.32. The fourth-order valence-corrected chi connectivity index (χ4v) is 2.75. The van der Waals surface area contributed by atoms with Gasteiger partial charge in [-0.2, -0.15) is 0 Å². The Morgan fingerprint density at radius 2 is 1.85 bits per heavy atom. The minimum atomic E-state index is -0.963. The smallest absolute Gasteiger partial charge is 0.317 e. The number of amides is 1. The van der Waals surface area contributed by atoms with Crippen LogP contribution >= 0.6 is 11.8 Å². The van der Waals surface area contributed by atoms with Gasteiger partial charge in [0.05, 0.1) is 12.4 Å². The molecule has 0 saturated heterocycles. The molecule has 0 saturated carbocycles. The number of benzene rings is 2. The number of carbonyl (C=O) groups excluding carboxylic acids is 2. The van der Waals surface area contributed by atoms with E-state index in [0.717, 1.165) is 11.8 Å². The Balaban J connectivity index is 1.80. The van der Waals surface area contributed by atoms with Crippen molar-refractivity contribution < 1.29 is 23.5 Å². The normalized spacial score (nSPS) is 11.5. The van der Waals surface area contributed by atoms with Gasteiger partial charge in [-0.1, -0.05) is 12.1 Å². The molecule has 26 heavy (non-hydrogen) atoms. The van der Waals surface area contributed by atoms with E-state index < -0.39 is 23.8 Å². The number of hydrogen-bond acceptors (Lipinski definition) is 5. The van der Waals surface area contributed by atoms with Gasteiger partial charge in [-0.25, -0.2) is 4.39 Å². The highest BCUT2D eigenvalue weighted by Crippen LogP contribution is 2.21. The molecule has 7 heteroatoms. The van der Waals surface area contributed by atoms with E-state index in [4.69, 9.17) is 9.47 Å². The van der Waals surface area contributed by atoms with E-state index >= 15 is 0 Å². The summed E-state index contributed by atoms with van der Waals surface area (Å²) in [6.45, 7) is 3.93. The SMILES string of the molecule is CCOc1ccc(NC(=O)[C@@H](C)OC(=O)CSc2ccccc2F)cc1. The van der Waals surface area contributed by atoms with Crippen molar-refractivity contribution in [3.05, 3.63) is 54.3 Å². The van der Waals surface area contributed by atoms with Gasteiger partial charge in [0, 0.05) is 10.6 Å². The molecule has 2 aromatic carbocycles. The summed E-state index contributed by atoms with van der Waals surface area (Å²) in [6, 6.07) is 13.0. The lowest BCUT2D eigenvalue weighted by molar-refractivity contribution is -0.150. The molecule has 138 valence electrons. The summed E-state index contributed by atoms with van der Waals surface area (Å²) in [6.07, 6.45) is -0.963. The molecule has 0 aromatic heterocycles. The van der Waals surface area contributed by atoms with E-state index in [2.05, 4.69) is 5.32 Å². The van der Waals surface area contributed by atoms with Gasteiger partial charge >= 0.3 is 5.97 Å². The number of anilines is 1. The Labute approximate surface area is 155 Å². The third kappa shape index (κ3) is 6.07. The molecule has 0 aliphatic carbocycles. The van der Waals surface area contributed by atoms with E-state index in [1.807, 2.05) is 6.92 Å². The standard InChI is InChI=1S/C19H20FNO4S/c1-3-24-15-10-8-14(9-11-15)21-19(23)13(2)25-18(22)12-26-17-7-5-4-6-16(17)20/h4-11,13H,3,12H2,1-2H3,(H,21,23)/t13-/m1/s1. The van der Waals surface area contributed by atoms with Gasteiger partial charge in [0.15, 0.2) is 6.10 Å². The maximum absolute atomic E-state index is 13.5. The number of halogens is 1. The molecule has 1 N–H and O–H groups in total. The number of esters is 1. The Bertz CT molecular complexity index is 751. The summed E-state index contributed by atoms with van der Waals surface area (Å²) in [4.78, 5) is 24.3. The molecule has 0 bridgehead atoms. The van der Waals surface area contributed by atoms with Gasteiger partial charge in [0.25, 0.3) is 5.91 Å². The summed E-state index contributed by atoms with van der Waals surface area (Å²) in [7, 11) is 0. The molecule has 0 spiro atoms. The molecule has 2 rings (SSSR count). The number of nitrogens with one attached hydrogen (secondary N) is 1. The molecule has 1 atom stereocenters. The molecule has 0 aliphatic rings. The van der Waals surface area contributed by atoms with Crippen LogP contribution in [0, 0.1) is 5.82 Å². The Morgan fingerprint density at radius 3 is 2.50 bits per heavy atom. The van der Waals surface area contributed by atoms with Crippen LogP contribution in [0.4, 0.5) is 10.1 Å². The lowest BCUT2D eigenvalue weighted by Crippen LogP contribution is -2.30. The maximum Gasteiger partial charge on any atom is 0.317 e. The first-order chi connectivity index (χ1) is 12.5. The Kier molecular flexibility index (Phi) is 7.47. The molecule has 5 nitrogen and oxygen atoms in total. The van der Waals surface area contributed by atoms with Gasteiger partial charge in [-0.15, -0.1) is 11.8 Å². The summed E-state index contributed by atoms with van der Waals surface area (Å²) in [5.41, 5.74) is 0.571. The number of thioether (sulfide) groups is 1. The van der Waals surface area contributed by atoms with Crippen molar-refractivity contribution in [2.75, 3.05) is 17.7 Å². The fourth-order valence-electron chi connectivity index (χ4n) is 2.03. The predicted octanol–water partition coefficient (Wildman–Crippen LogP) is 3.89. The number of rotatable bonds is 8. The van der Waals surface area contributed by atoms with Gasteiger partial charge < -0.3 is 14.8 Å². The molecule has 0 heterocycles. The quantitative estimate of drug-likeness (QED) is 0.559. The van der Waals surface area contributed by atoms with Crippen molar-refractivity contribution in [1.29, 1.82) is 0 Å².